The standard InChI is InChI=1S/C25H40OS5.C25H40OS3/c1-5-11-21-23-17-24(27-23)22(29-31-30-28-21)13-10-8-6-7-9-12-18-14-15-19(20(26)16-18)25(2,3)4;1-5-11-21-23-17-24(27-23)22(29-28-21)13-10-8-6-7-9-12-18-14-15-19(20(26)16-18)25(2,3)4/h14-16,21-24,26H,5-13,17H2,1-4H3;14-16,21-24,26H,5-13,17H2,1-4H3. The summed E-state index contributed by atoms with van der Waals surface area (Å²) in [5, 5.41) is 27.9. The third kappa shape index (κ3) is 16.6. The van der Waals surface area contributed by atoms with Gasteiger partial charge in [-0.05, 0) is 129 Å². The molecule has 8 rings (SSSR count). The van der Waals surface area contributed by atoms with Gasteiger partial charge in [-0.15, -0.1) is 0 Å². The number of rotatable bonds is 20. The Morgan fingerprint density at radius 3 is 1.17 bits per heavy atom. The molecule has 6 fully saturated rings. The van der Waals surface area contributed by atoms with Gasteiger partial charge in [0.2, 0.25) is 0 Å². The van der Waals surface area contributed by atoms with Crippen molar-refractivity contribution in [3.8, 4) is 11.5 Å². The van der Waals surface area contributed by atoms with E-state index in [-0.39, 0.29) is 10.8 Å². The molecule has 6 saturated heterocycles. The zero-order chi connectivity index (χ0) is 43.1. The highest BCUT2D eigenvalue weighted by molar-refractivity contribution is 9.26. The average molecular weight is 970 g/mol. The number of aryl methyl sites for hydroxylation is 2. The number of phenols is 2. The van der Waals surface area contributed by atoms with Gasteiger partial charge < -0.3 is 10.2 Å². The fraction of sp³-hybridized carbons (Fsp3) is 0.760. The molecular formula is C50H80O2S8. The summed E-state index contributed by atoms with van der Waals surface area (Å²) in [5.74, 6) is 0.926. The predicted molar refractivity (Wildman–Crippen MR) is 287 cm³/mol. The first-order valence-electron chi connectivity index (χ1n) is 23.7. The van der Waals surface area contributed by atoms with Crippen molar-refractivity contribution in [2.24, 2.45) is 0 Å². The van der Waals surface area contributed by atoms with Crippen LogP contribution in [0.3, 0.4) is 0 Å². The van der Waals surface area contributed by atoms with Gasteiger partial charge in [0.05, 0.1) is 0 Å². The normalized spacial score (nSPS) is 26.7. The molecule has 0 amide bonds. The van der Waals surface area contributed by atoms with Gasteiger partial charge in [0, 0.05) is 42.0 Å². The molecule has 4 bridgehead atoms. The molecule has 2 nitrogen and oxygen atoms in total. The number of thioether (sulfide) groups is 2. The number of hydrogen-bond donors (Lipinski definition) is 2. The highest BCUT2D eigenvalue weighted by Crippen LogP contribution is 2.59. The van der Waals surface area contributed by atoms with Gasteiger partial charge in [0.1, 0.15) is 11.5 Å². The summed E-state index contributed by atoms with van der Waals surface area (Å²) in [5.41, 5.74) is 4.66. The second-order valence-corrected chi connectivity index (χ2v) is 32.0. The molecule has 2 aromatic rings. The van der Waals surface area contributed by atoms with Crippen molar-refractivity contribution in [1.82, 2.24) is 0 Å². The van der Waals surface area contributed by atoms with Crippen LogP contribution in [0.2, 0.25) is 0 Å². The summed E-state index contributed by atoms with van der Waals surface area (Å²) in [6, 6.07) is 12.6. The quantitative estimate of drug-likeness (QED) is 0.0991. The van der Waals surface area contributed by atoms with E-state index >= 15 is 0 Å². The summed E-state index contributed by atoms with van der Waals surface area (Å²) in [6.45, 7) is 17.6. The van der Waals surface area contributed by atoms with Crippen molar-refractivity contribution >= 4 is 86.4 Å². The Morgan fingerprint density at radius 2 is 0.800 bits per heavy atom. The van der Waals surface area contributed by atoms with Crippen LogP contribution in [-0.4, -0.2) is 52.2 Å². The first-order chi connectivity index (χ1) is 28.8. The third-order valence-corrected chi connectivity index (χ3v) is 27.8. The molecule has 6 heterocycles. The highest BCUT2D eigenvalue weighted by atomic mass is 33.7. The van der Waals surface area contributed by atoms with E-state index in [0.717, 1.165) is 66.0 Å². The molecule has 0 radical (unpaired) electrons. The van der Waals surface area contributed by atoms with Crippen LogP contribution in [0, 0.1) is 0 Å². The van der Waals surface area contributed by atoms with E-state index in [2.05, 4.69) is 146 Å². The Labute approximate surface area is 400 Å². The molecule has 2 N–H and O–H groups in total. The van der Waals surface area contributed by atoms with Crippen LogP contribution in [0.5, 0.6) is 11.5 Å². The smallest absolute Gasteiger partial charge is 0.119 e. The largest absolute Gasteiger partial charge is 0.508 e. The van der Waals surface area contributed by atoms with Crippen molar-refractivity contribution in [2.75, 3.05) is 0 Å². The van der Waals surface area contributed by atoms with Gasteiger partial charge in [-0.25, -0.2) is 0 Å². The van der Waals surface area contributed by atoms with E-state index < -0.39 is 0 Å². The first kappa shape index (κ1) is 51.8. The number of fused-ring (bicyclic) bond motifs is 8. The lowest BCUT2D eigenvalue weighted by Crippen LogP contribution is -2.39. The molecule has 340 valence electrons. The Hall–Kier alpha value is 0.840. The van der Waals surface area contributed by atoms with Gasteiger partial charge in [0.15, 0.2) is 0 Å². The van der Waals surface area contributed by atoms with Gasteiger partial charge in [-0.2, -0.15) is 23.5 Å². The van der Waals surface area contributed by atoms with Crippen LogP contribution in [0.4, 0.5) is 0 Å². The Morgan fingerprint density at radius 1 is 0.467 bits per heavy atom. The highest BCUT2D eigenvalue weighted by Gasteiger charge is 2.44. The lowest BCUT2D eigenvalue weighted by molar-refractivity contribution is 0.445. The van der Waals surface area contributed by atoms with Crippen LogP contribution in [0.1, 0.15) is 193 Å². The fourth-order valence-corrected chi connectivity index (χ4v) is 25.2. The predicted octanol–water partition coefficient (Wildman–Crippen LogP) is 18.1. The van der Waals surface area contributed by atoms with Crippen molar-refractivity contribution in [3.63, 3.8) is 0 Å². The van der Waals surface area contributed by atoms with Crippen LogP contribution in [0.15, 0.2) is 36.4 Å². The molecule has 6 aliphatic heterocycles. The van der Waals surface area contributed by atoms with Crippen molar-refractivity contribution in [1.29, 1.82) is 0 Å². The summed E-state index contributed by atoms with van der Waals surface area (Å²) in [6.07, 6.45) is 26.7. The second-order valence-electron chi connectivity index (χ2n) is 20.0. The summed E-state index contributed by atoms with van der Waals surface area (Å²) >= 11 is 4.61. The first-order valence-corrected chi connectivity index (χ1v) is 32.8. The minimum absolute atomic E-state index is 0.00263. The number of aromatic hydroxyl groups is 2. The molecule has 0 saturated carbocycles. The van der Waals surface area contributed by atoms with Gasteiger partial charge in [-0.1, -0.05) is 187 Å². The van der Waals surface area contributed by atoms with Crippen molar-refractivity contribution in [2.45, 2.75) is 237 Å². The van der Waals surface area contributed by atoms with Gasteiger partial charge in [0.25, 0.3) is 0 Å². The maximum Gasteiger partial charge on any atom is 0.119 e. The SMILES string of the molecule is CCCC1SSC(CCCCCCCc2ccc(C(C)(C)C)c(O)c2)C2CC1S2.CCCC1SSSSC(CCCCCCCc2ccc(C(C)(C)C)c(O)c2)C2CC1S2. The number of unbranched alkanes of at least 4 members (excludes halogenated alkanes) is 8. The minimum Gasteiger partial charge on any atom is -0.508 e. The molecule has 6 aliphatic rings. The number of hydrogen-bond acceptors (Lipinski definition) is 10. The van der Waals surface area contributed by atoms with Crippen LogP contribution in [-0.2, 0) is 23.7 Å². The van der Waals surface area contributed by atoms with Gasteiger partial charge in [-0.3, -0.25) is 0 Å². The van der Waals surface area contributed by atoms with Gasteiger partial charge >= 0.3 is 0 Å². The fourth-order valence-electron chi connectivity index (χ4n) is 9.01. The molecule has 0 aromatic heterocycles. The van der Waals surface area contributed by atoms with Crippen LogP contribution < -0.4 is 0 Å². The maximum absolute atomic E-state index is 10.3. The van der Waals surface area contributed by atoms with Crippen LogP contribution in [0.25, 0.3) is 0 Å². The molecular weight excluding hydrogens is 889 g/mol. The second kappa shape index (κ2) is 26.2. The van der Waals surface area contributed by atoms with E-state index in [1.54, 1.807) is 0 Å². The Kier molecular flexibility index (Phi) is 22.7. The van der Waals surface area contributed by atoms with E-state index in [1.807, 2.05) is 31.8 Å². The third-order valence-electron chi connectivity index (χ3n) is 12.7. The lowest BCUT2D eigenvalue weighted by Gasteiger charge is -2.41. The molecule has 8 unspecified atom stereocenters. The monoisotopic (exact) mass is 968 g/mol. The molecule has 0 spiro atoms. The molecule has 0 aliphatic carbocycles. The number of phenolic OH excluding ortho intramolecular Hbond substituents is 2. The van der Waals surface area contributed by atoms with Crippen molar-refractivity contribution < 1.29 is 10.2 Å². The van der Waals surface area contributed by atoms with E-state index in [4.69, 9.17) is 0 Å². The summed E-state index contributed by atoms with van der Waals surface area (Å²) in [7, 11) is 12.8. The summed E-state index contributed by atoms with van der Waals surface area (Å²) in [4.78, 5) is 0. The van der Waals surface area contributed by atoms with E-state index in [0.29, 0.717) is 11.5 Å². The van der Waals surface area contributed by atoms with Crippen molar-refractivity contribution in [3.05, 3.63) is 58.7 Å². The molecule has 60 heavy (non-hydrogen) atoms. The molecule has 2 aromatic carbocycles. The zero-order valence-electron chi connectivity index (χ0n) is 38.4. The topological polar surface area (TPSA) is 40.5 Å². The maximum atomic E-state index is 10.3. The number of benzene rings is 2. The molecule has 8 atom stereocenters. The van der Waals surface area contributed by atoms with E-state index in [1.165, 1.54) is 127 Å². The Balaban J connectivity index is 0.000000228. The van der Waals surface area contributed by atoms with Crippen LogP contribution >= 0.6 is 86.4 Å². The summed E-state index contributed by atoms with van der Waals surface area (Å²) < 4.78 is 0. The minimum atomic E-state index is 0.00263. The van der Waals surface area contributed by atoms with E-state index in [9.17, 15) is 10.2 Å². The lowest BCUT2D eigenvalue weighted by atomic mass is 9.85. The average Bonchev–Trinajstić information content (AvgIpc) is 3.34. The molecule has 10 heteroatoms. The Bertz CT molecular complexity index is 1530. The zero-order valence-corrected chi connectivity index (χ0v) is 44.9.